The summed E-state index contributed by atoms with van der Waals surface area (Å²) in [7, 11) is 0. The van der Waals surface area contributed by atoms with E-state index in [9.17, 15) is 0 Å². The zero-order valence-electron chi connectivity index (χ0n) is 13.5. The van der Waals surface area contributed by atoms with Crippen LogP contribution in [0, 0.1) is 13.8 Å². The van der Waals surface area contributed by atoms with Crippen LogP contribution < -0.4 is 5.32 Å². The Bertz CT molecular complexity index is 395. The van der Waals surface area contributed by atoms with E-state index in [2.05, 4.69) is 50.9 Å². The van der Waals surface area contributed by atoms with Gasteiger partial charge in [-0.25, -0.2) is 0 Å². The van der Waals surface area contributed by atoms with Gasteiger partial charge in [0, 0.05) is 6.04 Å². The second-order valence-electron chi connectivity index (χ2n) is 5.78. The molecule has 0 amide bonds. The molecule has 1 heteroatoms. The molecule has 1 unspecified atom stereocenters. The monoisotopic (exact) mass is 273 g/mol. The van der Waals surface area contributed by atoms with Crippen LogP contribution in [-0.2, 0) is 0 Å². The van der Waals surface area contributed by atoms with Gasteiger partial charge in [-0.3, -0.25) is 0 Å². The van der Waals surface area contributed by atoms with Crippen LogP contribution in [0.1, 0.15) is 68.2 Å². The Morgan fingerprint density at radius 3 is 2.60 bits per heavy atom. The van der Waals surface area contributed by atoms with Crippen molar-refractivity contribution in [3.63, 3.8) is 0 Å². The molecular formula is C19H31N. The van der Waals surface area contributed by atoms with Gasteiger partial charge in [0.25, 0.3) is 0 Å². The maximum absolute atomic E-state index is 3.79. The number of rotatable bonds is 10. The van der Waals surface area contributed by atoms with Crippen molar-refractivity contribution in [2.45, 2.75) is 65.3 Å². The Morgan fingerprint density at radius 1 is 1.15 bits per heavy atom. The molecule has 0 aliphatic carbocycles. The third-order valence-corrected chi connectivity index (χ3v) is 3.98. The molecule has 0 heterocycles. The third kappa shape index (κ3) is 5.92. The summed E-state index contributed by atoms with van der Waals surface area (Å²) in [5.41, 5.74) is 4.23. The SMILES string of the molecule is C=CCCCCCC(NCCC)c1ccc(C)c(C)c1. The van der Waals surface area contributed by atoms with Gasteiger partial charge in [0.1, 0.15) is 0 Å². The molecule has 0 saturated carbocycles. The van der Waals surface area contributed by atoms with Crippen molar-refractivity contribution in [1.29, 1.82) is 0 Å². The molecule has 1 rings (SSSR count). The highest BCUT2D eigenvalue weighted by Crippen LogP contribution is 2.22. The van der Waals surface area contributed by atoms with E-state index in [1.165, 1.54) is 48.8 Å². The number of allylic oxidation sites excluding steroid dienone is 1. The van der Waals surface area contributed by atoms with Crippen molar-refractivity contribution in [1.82, 2.24) is 5.32 Å². The molecule has 112 valence electrons. The van der Waals surface area contributed by atoms with Crippen molar-refractivity contribution in [2.24, 2.45) is 0 Å². The van der Waals surface area contributed by atoms with E-state index in [4.69, 9.17) is 0 Å². The number of aryl methyl sites for hydroxylation is 2. The molecular weight excluding hydrogens is 242 g/mol. The summed E-state index contributed by atoms with van der Waals surface area (Å²) in [6, 6.07) is 7.41. The lowest BCUT2D eigenvalue weighted by Gasteiger charge is -2.20. The second-order valence-corrected chi connectivity index (χ2v) is 5.78. The molecule has 0 fully saturated rings. The van der Waals surface area contributed by atoms with E-state index in [0.29, 0.717) is 6.04 Å². The zero-order chi connectivity index (χ0) is 14.8. The maximum atomic E-state index is 3.79. The van der Waals surface area contributed by atoms with Crippen molar-refractivity contribution < 1.29 is 0 Å². The predicted octanol–water partition coefficient (Wildman–Crippen LogP) is 5.48. The molecule has 1 aromatic rings. The van der Waals surface area contributed by atoms with Gasteiger partial charge in [0.15, 0.2) is 0 Å². The largest absolute Gasteiger partial charge is 0.310 e. The second kappa shape index (κ2) is 9.77. The molecule has 0 aliphatic rings. The topological polar surface area (TPSA) is 12.0 Å². The molecule has 0 spiro atoms. The third-order valence-electron chi connectivity index (χ3n) is 3.98. The molecule has 0 aliphatic heterocycles. The van der Waals surface area contributed by atoms with Gasteiger partial charge in [-0.1, -0.05) is 44.0 Å². The van der Waals surface area contributed by atoms with Crippen molar-refractivity contribution in [3.05, 3.63) is 47.5 Å². The van der Waals surface area contributed by atoms with E-state index in [1.54, 1.807) is 0 Å². The normalized spacial score (nSPS) is 12.3. The van der Waals surface area contributed by atoms with Crippen LogP contribution in [0.15, 0.2) is 30.9 Å². The highest BCUT2D eigenvalue weighted by atomic mass is 14.9. The first-order valence-electron chi connectivity index (χ1n) is 8.10. The van der Waals surface area contributed by atoms with Crippen molar-refractivity contribution >= 4 is 0 Å². The van der Waals surface area contributed by atoms with Gasteiger partial charge in [-0.15, -0.1) is 6.58 Å². The standard InChI is InChI=1S/C19H31N/c1-5-7-8-9-10-11-19(20-14-6-2)18-13-12-16(3)17(4)15-18/h5,12-13,15,19-20H,1,6-11,14H2,2-4H3. The summed E-state index contributed by atoms with van der Waals surface area (Å²) in [5, 5.41) is 3.70. The summed E-state index contributed by atoms with van der Waals surface area (Å²) >= 11 is 0. The summed E-state index contributed by atoms with van der Waals surface area (Å²) in [6.45, 7) is 11.5. The molecule has 0 bridgehead atoms. The lowest BCUT2D eigenvalue weighted by atomic mass is 9.96. The van der Waals surface area contributed by atoms with Crippen LogP contribution in [0.2, 0.25) is 0 Å². The van der Waals surface area contributed by atoms with Gasteiger partial charge >= 0.3 is 0 Å². The minimum Gasteiger partial charge on any atom is -0.310 e. The average molecular weight is 273 g/mol. The van der Waals surface area contributed by atoms with Gasteiger partial charge in [0.05, 0.1) is 0 Å². The summed E-state index contributed by atoms with van der Waals surface area (Å²) in [6.07, 6.45) is 9.48. The lowest BCUT2D eigenvalue weighted by molar-refractivity contribution is 0.472. The molecule has 0 aromatic heterocycles. The minimum atomic E-state index is 0.512. The predicted molar refractivity (Wildman–Crippen MR) is 90.2 cm³/mol. The fourth-order valence-electron chi connectivity index (χ4n) is 2.50. The van der Waals surface area contributed by atoms with E-state index < -0.39 is 0 Å². The number of benzene rings is 1. The highest BCUT2D eigenvalue weighted by molar-refractivity contribution is 5.31. The first kappa shape index (κ1) is 17.0. The quantitative estimate of drug-likeness (QED) is 0.439. The highest BCUT2D eigenvalue weighted by Gasteiger charge is 2.10. The van der Waals surface area contributed by atoms with E-state index in [-0.39, 0.29) is 0 Å². The number of hydrogen-bond acceptors (Lipinski definition) is 1. The van der Waals surface area contributed by atoms with Crippen molar-refractivity contribution in [2.75, 3.05) is 6.54 Å². The zero-order valence-corrected chi connectivity index (χ0v) is 13.5. The Labute approximate surface area is 125 Å². The molecule has 1 aromatic carbocycles. The Kier molecular flexibility index (Phi) is 8.29. The smallest absolute Gasteiger partial charge is 0.0320 e. The Hall–Kier alpha value is -1.08. The number of unbranched alkanes of at least 4 members (excludes halogenated alkanes) is 3. The van der Waals surface area contributed by atoms with Crippen LogP contribution in [0.5, 0.6) is 0 Å². The number of hydrogen-bond donors (Lipinski definition) is 1. The van der Waals surface area contributed by atoms with Gasteiger partial charge in [0.2, 0.25) is 0 Å². The first-order valence-corrected chi connectivity index (χ1v) is 8.10. The maximum Gasteiger partial charge on any atom is 0.0320 e. The lowest BCUT2D eigenvalue weighted by Crippen LogP contribution is -2.22. The summed E-state index contributed by atoms with van der Waals surface area (Å²) in [5.74, 6) is 0. The van der Waals surface area contributed by atoms with Gasteiger partial charge in [-0.05, 0) is 62.8 Å². The minimum absolute atomic E-state index is 0.512. The Morgan fingerprint density at radius 2 is 1.95 bits per heavy atom. The summed E-state index contributed by atoms with van der Waals surface area (Å²) in [4.78, 5) is 0. The first-order chi connectivity index (χ1) is 9.69. The fourth-order valence-corrected chi connectivity index (χ4v) is 2.50. The molecule has 1 atom stereocenters. The van der Waals surface area contributed by atoms with Crippen molar-refractivity contribution in [3.8, 4) is 0 Å². The molecule has 1 N–H and O–H groups in total. The van der Waals surface area contributed by atoms with Crippen LogP contribution in [0.4, 0.5) is 0 Å². The van der Waals surface area contributed by atoms with Gasteiger partial charge in [-0.2, -0.15) is 0 Å². The van der Waals surface area contributed by atoms with E-state index in [0.717, 1.165) is 13.0 Å². The average Bonchev–Trinajstić information content (AvgIpc) is 2.45. The summed E-state index contributed by atoms with van der Waals surface area (Å²) < 4.78 is 0. The Balaban J connectivity index is 2.57. The van der Waals surface area contributed by atoms with Crippen LogP contribution in [-0.4, -0.2) is 6.54 Å². The van der Waals surface area contributed by atoms with E-state index >= 15 is 0 Å². The van der Waals surface area contributed by atoms with Crippen LogP contribution >= 0.6 is 0 Å². The fraction of sp³-hybridized carbons (Fsp3) is 0.579. The van der Waals surface area contributed by atoms with Crippen LogP contribution in [0.25, 0.3) is 0 Å². The van der Waals surface area contributed by atoms with Crippen LogP contribution in [0.3, 0.4) is 0 Å². The number of nitrogens with one attached hydrogen (secondary N) is 1. The molecule has 20 heavy (non-hydrogen) atoms. The van der Waals surface area contributed by atoms with Gasteiger partial charge < -0.3 is 5.32 Å². The van der Waals surface area contributed by atoms with E-state index in [1.807, 2.05) is 6.08 Å². The molecule has 0 radical (unpaired) electrons. The molecule has 1 nitrogen and oxygen atoms in total. The molecule has 0 saturated heterocycles.